The molecule has 1 aliphatic heterocycles. The van der Waals surface area contributed by atoms with E-state index >= 15 is 0 Å². The molecule has 1 aromatic carbocycles. The summed E-state index contributed by atoms with van der Waals surface area (Å²) in [7, 11) is 0. The monoisotopic (exact) mass is 664 g/mol. The molecule has 0 saturated carbocycles. The van der Waals surface area contributed by atoms with Gasteiger partial charge in [0.1, 0.15) is 18.6 Å². The Balaban J connectivity index is 1.51. The van der Waals surface area contributed by atoms with E-state index in [9.17, 15) is 32.7 Å². The van der Waals surface area contributed by atoms with Crippen molar-refractivity contribution in [1.29, 1.82) is 0 Å². The fourth-order valence-corrected chi connectivity index (χ4v) is 5.69. The summed E-state index contributed by atoms with van der Waals surface area (Å²) in [6.45, 7) is 9.32. The van der Waals surface area contributed by atoms with Gasteiger partial charge in [-0.15, -0.1) is 0 Å². The van der Waals surface area contributed by atoms with Crippen LogP contribution in [-0.2, 0) is 23.9 Å². The Hall–Kier alpha value is -5.34. The first kappa shape index (κ1) is 34.0. The Morgan fingerprint density at radius 1 is 1.06 bits per heavy atom. The van der Waals surface area contributed by atoms with Gasteiger partial charge in [0.25, 0.3) is 5.91 Å². The van der Waals surface area contributed by atoms with Crippen molar-refractivity contribution in [2.45, 2.75) is 53.8 Å². The van der Waals surface area contributed by atoms with Gasteiger partial charge >= 0.3 is 6.18 Å². The highest BCUT2D eigenvalue weighted by Crippen LogP contribution is 2.32. The van der Waals surface area contributed by atoms with Crippen molar-refractivity contribution in [3.63, 3.8) is 0 Å². The molecule has 2 N–H and O–H groups in total. The number of benzene rings is 1. The van der Waals surface area contributed by atoms with Crippen LogP contribution in [0.15, 0.2) is 41.1 Å². The molecule has 0 spiro atoms. The van der Waals surface area contributed by atoms with Gasteiger partial charge < -0.3 is 24.8 Å². The number of aryl methyl sites for hydroxylation is 2. The summed E-state index contributed by atoms with van der Waals surface area (Å²) in [4.78, 5) is 61.2. The van der Waals surface area contributed by atoms with E-state index in [1.54, 1.807) is 17.6 Å². The number of fused-ring (bicyclic) bond motifs is 1. The van der Waals surface area contributed by atoms with Crippen molar-refractivity contribution >= 4 is 40.4 Å². The zero-order valence-corrected chi connectivity index (χ0v) is 27.1. The van der Waals surface area contributed by atoms with Gasteiger partial charge in [0.05, 0.1) is 23.1 Å². The number of piperazine rings is 1. The minimum Gasteiger partial charge on any atom is -0.504 e. The quantitative estimate of drug-likeness (QED) is 0.291. The topological polar surface area (TPSA) is 146 Å². The fourth-order valence-electron chi connectivity index (χ4n) is 5.69. The summed E-state index contributed by atoms with van der Waals surface area (Å²) in [5, 5.41) is 13.0. The number of carbonyl (C=O) groups excluding carboxylic acids is 2. The largest absolute Gasteiger partial charge is 0.504 e. The normalized spacial score (nSPS) is 13.5. The molecule has 1 aliphatic rings. The number of aromatic nitrogens is 5. The molecule has 4 aromatic rings. The van der Waals surface area contributed by atoms with Gasteiger partial charge in [-0.25, -0.2) is 19.9 Å². The number of hydrogen-bond donors (Lipinski definition) is 2. The van der Waals surface area contributed by atoms with Crippen LogP contribution >= 0.6 is 0 Å². The van der Waals surface area contributed by atoms with Crippen molar-refractivity contribution in [1.82, 2.24) is 29.4 Å². The highest BCUT2D eigenvalue weighted by molar-refractivity contribution is 5.95. The predicted molar refractivity (Wildman–Crippen MR) is 174 cm³/mol. The Labute approximate surface area is 274 Å². The van der Waals surface area contributed by atoms with Crippen molar-refractivity contribution in [3.05, 3.63) is 80.4 Å². The lowest BCUT2D eigenvalue weighted by Gasteiger charge is -2.37. The van der Waals surface area contributed by atoms with Gasteiger partial charge in [0.2, 0.25) is 11.3 Å². The van der Waals surface area contributed by atoms with Crippen LogP contribution in [0.5, 0.6) is 5.75 Å². The van der Waals surface area contributed by atoms with Crippen LogP contribution in [0, 0.1) is 13.8 Å². The summed E-state index contributed by atoms with van der Waals surface area (Å²) < 4.78 is 41.2. The van der Waals surface area contributed by atoms with E-state index in [-0.39, 0.29) is 77.7 Å². The number of alkyl halides is 3. The number of halogens is 3. The molecule has 0 bridgehead atoms. The Bertz CT molecular complexity index is 2000. The molecule has 1 saturated heterocycles. The highest BCUT2D eigenvalue weighted by Gasteiger charge is 2.32. The van der Waals surface area contributed by atoms with Crippen molar-refractivity contribution in [2.24, 2.45) is 0 Å². The number of aromatic hydroxyl groups is 1. The van der Waals surface area contributed by atoms with E-state index < -0.39 is 23.6 Å². The van der Waals surface area contributed by atoms with Crippen molar-refractivity contribution < 1.29 is 27.9 Å². The van der Waals surface area contributed by atoms with E-state index in [1.807, 2.05) is 25.7 Å². The van der Waals surface area contributed by atoms with E-state index in [0.29, 0.717) is 23.5 Å². The van der Waals surface area contributed by atoms with Crippen LogP contribution < -0.4 is 15.6 Å². The molecule has 0 radical (unpaired) electrons. The van der Waals surface area contributed by atoms with E-state index in [0.717, 1.165) is 17.7 Å². The zero-order chi connectivity index (χ0) is 34.9. The first-order valence-corrected chi connectivity index (χ1v) is 15.3. The standard InChI is InChI=1S/C33H35F3N8O4/c1-6-24-28(42-9-11-43(12-10-42)32(48)27-29(46)20(5)38-17-39-27)30(47)26-31(37-15-22(40-26)13-18(2)3)44(24)16-25(45)41-23-8-7-21(14-19(23)4)33(34,35)36/h7-8,13-15,17,46H,6,9-12,16H2,1-5H3,(H,41,45). The van der Waals surface area contributed by atoms with Crippen LogP contribution in [0.25, 0.3) is 17.2 Å². The minimum atomic E-state index is -4.52. The number of nitrogens with zero attached hydrogens (tertiary/aromatic N) is 7. The third-order valence-electron chi connectivity index (χ3n) is 8.05. The SMILES string of the molecule is CCc1c(N2CCN(C(=O)c3ncnc(C)c3O)CC2)c(=O)c2nc(C=C(C)C)cnc2n1CC(=O)Nc1ccc(C(F)(F)F)cc1C. The molecule has 5 rings (SSSR count). The Kier molecular flexibility index (Phi) is 9.50. The lowest BCUT2D eigenvalue weighted by molar-refractivity contribution is -0.137. The second-order valence-corrected chi connectivity index (χ2v) is 11.8. The number of rotatable bonds is 7. The molecule has 15 heteroatoms. The van der Waals surface area contributed by atoms with Crippen LogP contribution in [0.2, 0.25) is 0 Å². The number of pyridine rings is 1. The van der Waals surface area contributed by atoms with Crippen LogP contribution in [0.4, 0.5) is 24.5 Å². The number of amides is 2. The van der Waals surface area contributed by atoms with Gasteiger partial charge in [0, 0.05) is 37.6 Å². The molecular formula is C33H35F3N8O4. The number of hydrogen-bond acceptors (Lipinski definition) is 9. The Morgan fingerprint density at radius 2 is 1.77 bits per heavy atom. The third-order valence-corrected chi connectivity index (χ3v) is 8.05. The lowest BCUT2D eigenvalue weighted by Crippen LogP contribution is -2.50. The lowest BCUT2D eigenvalue weighted by atomic mass is 10.1. The minimum absolute atomic E-state index is 0.0515. The molecule has 0 unspecified atom stereocenters. The van der Waals surface area contributed by atoms with Gasteiger partial charge in [-0.05, 0) is 64.0 Å². The maximum atomic E-state index is 14.1. The average Bonchev–Trinajstić information content (AvgIpc) is 3.03. The summed E-state index contributed by atoms with van der Waals surface area (Å²) in [6.07, 6.45) is 0.309. The van der Waals surface area contributed by atoms with E-state index in [1.165, 1.54) is 30.4 Å². The molecule has 252 valence electrons. The van der Waals surface area contributed by atoms with Crippen LogP contribution in [0.3, 0.4) is 0 Å². The maximum Gasteiger partial charge on any atom is 0.416 e. The first-order chi connectivity index (χ1) is 22.7. The molecule has 0 atom stereocenters. The highest BCUT2D eigenvalue weighted by atomic mass is 19.4. The fraction of sp³-hybridized carbons (Fsp3) is 0.364. The molecule has 2 amide bonds. The van der Waals surface area contributed by atoms with E-state index in [4.69, 9.17) is 0 Å². The zero-order valence-electron chi connectivity index (χ0n) is 27.1. The molecular weight excluding hydrogens is 629 g/mol. The number of nitrogens with one attached hydrogen (secondary N) is 1. The van der Waals surface area contributed by atoms with Crippen molar-refractivity contribution in [2.75, 3.05) is 36.4 Å². The average molecular weight is 665 g/mol. The number of carbonyl (C=O) groups is 2. The molecule has 3 aromatic heterocycles. The third kappa shape index (κ3) is 6.85. The van der Waals surface area contributed by atoms with Crippen molar-refractivity contribution in [3.8, 4) is 5.75 Å². The van der Waals surface area contributed by atoms with Crippen LogP contribution in [-0.4, -0.2) is 72.5 Å². The second kappa shape index (κ2) is 13.4. The van der Waals surface area contributed by atoms with Gasteiger partial charge in [-0.3, -0.25) is 14.4 Å². The predicted octanol–water partition coefficient (Wildman–Crippen LogP) is 4.51. The second-order valence-electron chi connectivity index (χ2n) is 11.8. The molecule has 48 heavy (non-hydrogen) atoms. The molecule has 1 fully saturated rings. The molecule has 0 aliphatic carbocycles. The van der Waals surface area contributed by atoms with Gasteiger partial charge in [0.15, 0.2) is 22.6 Å². The van der Waals surface area contributed by atoms with Gasteiger partial charge in [-0.2, -0.15) is 13.2 Å². The molecule has 4 heterocycles. The summed E-state index contributed by atoms with van der Waals surface area (Å²) in [6, 6.07) is 3.08. The van der Waals surface area contributed by atoms with Gasteiger partial charge in [-0.1, -0.05) is 12.5 Å². The summed E-state index contributed by atoms with van der Waals surface area (Å²) in [5.74, 6) is -1.28. The number of anilines is 2. The number of allylic oxidation sites excluding steroid dienone is 1. The smallest absolute Gasteiger partial charge is 0.416 e. The molecule has 12 nitrogen and oxygen atoms in total. The Morgan fingerprint density at radius 3 is 2.40 bits per heavy atom. The summed E-state index contributed by atoms with van der Waals surface area (Å²) >= 11 is 0. The maximum absolute atomic E-state index is 14.1. The summed E-state index contributed by atoms with van der Waals surface area (Å²) in [5.41, 5.74) is 1.91. The first-order valence-electron chi connectivity index (χ1n) is 15.3. The van der Waals surface area contributed by atoms with Crippen LogP contribution in [0.1, 0.15) is 59.5 Å². The van der Waals surface area contributed by atoms with E-state index in [2.05, 4.69) is 25.3 Å².